The van der Waals surface area contributed by atoms with Crippen LogP contribution in [0.5, 0.6) is 0 Å². The number of rotatable bonds is 0. The van der Waals surface area contributed by atoms with Gasteiger partial charge in [-0.3, -0.25) is 0 Å². The summed E-state index contributed by atoms with van der Waals surface area (Å²) in [6.07, 6.45) is 3.54. The molecule has 0 radical (unpaired) electrons. The van der Waals surface area contributed by atoms with Crippen LogP contribution in [-0.2, 0) is 0 Å². The Labute approximate surface area is 84.5 Å². The highest BCUT2D eigenvalue weighted by Crippen LogP contribution is 2.42. The number of para-hydroxylation sites is 1. The normalized spacial score (nSPS) is 34.5. The van der Waals surface area contributed by atoms with E-state index in [1.807, 2.05) is 0 Å². The van der Waals surface area contributed by atoms with Gasteiger partial charge in [0.15, 0.2) is 0 Å². The lowest BCUT2D eigenvalue weighted by molar-refractivity contribution is 0.376. The van der Waals surface area contributed by atoms with Crippen LogP contribution in [0.2, 0.25) is 0 Å². The molecule has 1 heterocycles. The van der Waals surface area contributed by atoms with Crippen molar-refractivity contribution < 1.29 is 0 Å². The van der Waals surface area contributed by atoms with Crippen molar-refractivity contribution in [2.75, 3.05) is 5.32 Å². The molecule has 3 atom stereocenters. The number of hydrogen-bond acceptors (Lipinski definition) is 2. The smallest absolute Gasteiger partial charge is 0.0378 e. The molecule has 1 aliphatic carbocycles. The summed E-state index contributed by atoms with van der Waals surface area (Å²) < 4.78 is 0. The maximum Gasteiger partial charge on any atom is 0.0378 e. The third-order valence-corrected chi connectivity index (χ3v) is 3.59. The molecule has 1 aliphatic heterocycles. The Bertz CT molecular complexity index is 348. The van der Waals surface area contributed by atoms with Gasteiger partial charge in [0.25, 0.3) is 0 Å². The first-order chi connectivity index (χ1) is 6.84. The molecule has 3 rings (SSSR count). The fourth-order valence-corrected chi connectivity index (χ4v) is 2.87. The van der Waals surface area contributed by atoms with Crippen LogP contribution in [0.25, 0.3) is 0 Å². The van der Waals surface area contributed by atoms with Crippen molar-refractivity contribution in [3.63, 3.8) is 0 Å². The third-order valence-electron chi connectivity index (χ3n) is 3.59. The number of benzene rings is 1. The molecule has 0 aromatic heterocycles. The highest BCUT2D eigenvalue weighted by atomic mass is 15.0. The molecule has 2 nitrogen and oxygen atoms in total. The molecule has 1 aromatic carbocycles. The lowest BCUT2D eigenvalue weighted by Gasteiger charge is -2.29. The van der Waals surface area contributed by atoms with E-state index in [0.29, 0.717) is 18.0 Å². The largest absolute Gasteiger partial charge is 0.381 e. The highest BCUT2D eigenvalue weighted by Gasteiger charge is 2.35. The van der Waals surface area contributed by atoms with Gasteiger partial charge in [-0.15, -0.1) is 0 Å². The molecule has 0 bridgehead atoms. The average Bonchev–Trinajstić information content (AvgIpc) is 2.56. The van der Waals surface area contributed by atoms with Crippen LogP contribution in [0.3, 0.4) is 0 Å². The molecular formula is C12H16N2. The first kappa shape index (κ1) is 8.30. The Kier molecular flexibility index (Phi) is 1.77. The van der Waals surface area contributed by atoms with Gasteiger partial charge in [0, 0.05) is 23.7 Å². The quantitative estimate of drug-likeness (QED) is 0.654. The van der Waals surface area contributed by atoms with E-state index in [9.17, 15) is 0 Å². The summed E-state index contributed by atoms with van der Waals surface area (Å²) in [5.41, 5.74) is 8.83. The van der Waals surface area contributed by atoms with Crippen LogP contribution in [0, 0.1) is 0 Å². The molecule has 74 valence electrons. The Morgan fingerprint density at radius 2 is 2.07 bits per heavy atom. The van der Waals surface area contributed by atoms with Gasteiger partial charge in [-0.25, -0.2) is 0 Å². The Hall–Kier alpha value is -1.02. The minimum absolute atomic E-state index is 0.407. The summed E-state index contributed by atoms with van der Waals surface area (Å²) in [6.45, 7) is 0. The summed E-state index contributed by atoms with van der Waals surface area (Å²) >= 11 is 0. The van der Waals surface area contributed by atoms with Crippen molar-refractivity contribution in [1.29, 1.82) is 0 Å². The minimum Gasteiger partial charge on any atom is -0.381 e. The second-order valence-electron chi connectivity index (χ2n) is 4.52. The van der Waals surface area contributed by atoms with E-state index >= 15 is 0 Å². The van der Waals surface area contributed by atoms with Gasteiger partial charge in [-0.2, -0.15) is 0 Å². The fourth-order valence-electron chi connectivity index (χ4n) is 2.87. The number of nitrogens with one attached hydrogen (secondary N) is 1. The number of fused-ring (bicyclic) bond motifs is 3. The standard InChI is InChI=1S/C12H16N2/c13-8-5-6-12-10(7-8)9-3-1-2-4-11(9)14-12/h1-4,8,10,12,14H,5-7,13H2. The molecule has 2 aliphatic rings. The predicted octanol–water partition coefficient (Wildman–Crippen LogP) is 2.08. The average molecular weight is 188 g/mol. The summed E-state index contributed by atoms with van der Waals surface area (Å²) in [7, 11) is 0. The van der Waals surface area contributed by atoms with E-state index in [0.717, 1.165) is 6.42 Å². The summed E-state index contributed by atoms with van der Waals surface area (Å²) in [4.78, 5) is 0. The summed E-state index contributed by atoms with van der Waals surface area (Å²) in [6, 6.07) is 9.70. The molecule has 14 heavy (non-hydrogen) atoms. The van der Waals surface area contributed by atoms with Crippen LogP contribution in [0.1, 0.15) is 30.7 Å². The minimum atomic E-state index is 0.407. The topological polar surface area (TPSA) is 38.0 Å². The number of hydrogen-bond donors (Lipinski definition) is 2. The second kappa shape index (κ2) is 2.99. The Balaban J connectivity index is 1.97. The maximum atomic E-state index is 6.02. The van der Waals surface area contributed by atoms with Crippen molar-refractivity contribution in [1.82, 2.24) is 0 Å². The van der Waals surface area contributed by atoms with Crippen molar-refractivity contribution in [2.24, 2.45) is 5.73 Å². The number of anilines is 1. The van der Waals surface area contributed by atoms with Crippen molar-refractivity contribution in [3.8, 4) is 0 Å². The van der Waals surface area contributed by atoms with Gasteiger partial charge >= 0.3 is 0 Å². The van der Waals surface area contributed by atoms with Crippen LogP contribution in [0.15, 0.2) is 24.3 Å². The van der Waals surface area contributed by atoms with Crippen LogP contribution in [0.4, 0.5) is 5.69 Å². The monoisotopic (exact) mass is 188 g/mol. The van der Waals surface area contributed by atoms with E-state index in [1.54, 1.807) is 0 Å². The van der Waals surface area contributed by atoms with Crippen LogP contribution >= 0.6 is 0 Å². The lowest BCUT2D eigenvalue weighted by Crippen LogP contribution is -2.35. The molecule has 0 saturated heterocycles. The first-order valence-electron chi connectivity index (χ1n) is 5.45. The third kappa shape index (κ3) is 1.14. The first-order valence-corrected chi connectivity index (χ1v) is 5.45. The van der Waals surface area contributed by atoms with E-state index in [2.05, 4.69) is 29.6 Å². The van der Waals surface area contributed by atoms with Crippen LogP contribution in [-0.4, -0.2) is 12.1 Å². The molecule has 1 fully saturated rings. The molecular weight excluding hydrogens is 172 g/mol. The zero-order chi connectivity index (χ0) is 9.54. The van der Waals surface area contributed by atoms with Crippen molar-refractivity contribution in [3.05, 3.63) is 29.8 Å². The van der Waals surface area contributed by atoms with Gasteiger partial charge in [0.05, 0.1) is 0 Å². The summed E-state index contributed by atoms with van der Waals surface area (Å²) in [5, 5.41) is 3.60. The molecule has 0 spiro atoms. The SMILES string of the molecule is NC1CCC2Nc3ccccc3C2C1. The fraction of sp³-hybridized carbons (Fsp3) is 0.500. The zero-order valence-corrected chi connectivity index (χ0v) is 8.24. The van der Waals surface area contributed by atoms with Gasteiger partial charge < -0.3 is 11.1 Å². The molecule has 0 amide bonds. The predicted molar refractivity (Wildman–Crippen MR) is 58.4 cm³/mol. The van der Waals surface area contributed by atoms with Crippen molar-refractivity contribution >= 4 is 5.69 Å². The Morgan fingerprint density at radius 3 is 3.00 bits per heavy atom. The molecule has 2 heteroatoms. The van der Waals surface area contributed by atoms with Gasteiger partial charge in [-0.1, -0.05) is 18.2 Å². The molecule has 3 N–H and O–H groups in total. The van der Waals surface area contributed by atoms with Crippen LogP contribution < -0.4 is 11.1 Å². The van der Waals surface area contributed by atoms with E-state index in [4.69, 9.17) is 5.73 Å². The lowest BCUT2D eigenvalue weighted by atomic mass is 9.80. The maximum absolute atomic E-state index is 6.02. The molecule has 3 unspecified atom stereocenters. The van der Waals surface area contributed by atoms with E-state index in [1.165, 1.54) is 24.1 Å². The Morgan fingerprint density at radius 1 is 1.21 bits per heavy atom. The van der Waals surface area contributed by atoms with Gasteiger partial charge in [0.1, 0.15) is 0 Å². The van der Waals surface area contributed by atoms with Gasteiger partial charge in [-0.05, 0) is 30.9 Å². The highest BCUT2D eigenvalue weighted by molar-refractivity contribution is 5.59. The molecule has 1 saturated carbocycles. The zero-order valence-electron chi connectivity index (χ0n) is 8.24. The van der Waals surface area contributed by atoms with E-state index < -0.39 is 0 Å². The van der Waals surface area contributed by atoms with E-state index in [-0.39, 0.29) is 0 Å². The van der Waals surface area contributed by atoms with Crippen molar-refractivity contribution in [2.45, 2.75) is 37.3 Å². The second-order valence-corrected chi connectivity index (χ2v) is 4.52. The molecule has 1 aromatic rings. The van der Waals surface area contributed by atoms with Gasteiger partial charge in [0.2, 0.25) is 0 Å². The number of nitrogens with two attached hydrogens (primary N) is 1. The summed E-state index contributed by atoms with van der Waals surface area (Å²) in [5.74, 6) is 0.662.